The maximum atomic E-state index is 9.43. The van der Waals surface area contributed by atoms with Crippen LogP contribution in [0.3, 0.4) is 0 Å². The van der Waals surface area contributed by atoms with Gasteiger partial charge in [0.1, 0.15) is 0 Å². The second kappa shape index (κ2) is 8.13. The number of aliphatic hydroxyl groups is 1. The highest BCUT2D eigenvalue weighted by molar-refractivity contribution is 4.81. The monoisotopic (exact) mass is 256 g/mol. The van der Waals surface area contributed by atoms with E-state index in [0.717, 1.165) is 18.9 Å². The summed E-state index contributed by atoms with van der Waals surface area (Å²) in [5, 5.41) is 12.8. The van der Waals surface area contributed by atoms with Crippen LogP contribution >= 0.6 is 0 Å². The molecule has 108 valence electrons. The lowest BCUT2D eigenvalue weighted by Crippen LogP contribution is -2.45. The standard InChI is InChI=1S/C15H32N2O/c1-4-16-15(3,13-18)9-5-6-10-17-11-7-8-14(2)12-17/h14,16,18H,4-13H2,1-3H3. The Labute approximate surface area is 113 Å². The minimum absolute atomic E-state index is 0.0794. The number of rotatable bonds is 8. The van der Waals surface area contributed by atoms with Crippen molar-refractivity contribution in [3.63, 3.8) is 0 Å². The topological polar surface area (TPSA) is 35.5 Å². The molecule has 0 aromatic heterocycles. The number of piperidine rings is 1. The summed E-state index contributed by atoms with van der Waals surface area (Å²) in [6.07, 6.45) is 6.30. The number of nitrogens with zero attached hydrogens (tertiary/aromatic N) is 1. The zero-order valence-electron chi connectivity index (χ0n) is 12.5. The van der Waals surface area contributed by atoms with Crippen molar-refractivity contribution in [2.24, 2.45) is 5.92 Å². The zero-order chi connectivity index (χ0) is 13.4. The Bertz CT molecular complexity index is 223. The molecule has 1 aliphatic heterocycles. The quantitative estimate of drug-likeness (QED) is 0.654. The first kappa shape index (κ1) is 15.9. The molecule has 0 saturated carbocycles. The molecule has 0 aromatic rings. The SMILES string of the molecule is CCNC(C)(CO)CCCCN1CCCC(C)C1. The third-order valence-electron chi connectivity index (χ3n) is 4.15. The van der Waals surface area contributed by atoms with Crippen LogP contribution in [-0.2, 0) is 0 Å². The summed E-state index contributed by atoms with van der Waals surface area (Å²) in [6, 6.07) is 0. The molecule has 3 heteroatoms. The van der Waals surface area contributed by atoms with Gasteiger partial charge in [0.05, 0.1) is 6.61 Å². The molecule has 2 N–H and O–H groups in total. The van der Waals surface area contributed by atoms with Crippen LogP contribution in [0.15, 0.2) is 0 Å². The molecular formula is C15H32N2O. The van der Waals surface area contributed by atoms with Gasteiger partial charge in [-0.3, -0.25) is 0 Å². The average molecular weight is 256 g/mol. The van der Waals surface area contributed by atoms with Crippen molar-refractivity contribution in [1.82, 2.24) is 10.2 Å². The molecule has 0 aromatic carbocycles. The van der Waals surface area contributed by atoms with Gasteiger partial charge in [-0.25, -0.2) is 0 Å². The van der Waals surface area contributed by atoms with Crippen molar-refractivity contribution in [2.45, 2.75) is 58.4 Å². The largest absolute Gasteiger partial charge is 0.394 e. The molecule has 0 radical (unpaired) electrons. The average Bonchev–Trinajstić information content (AvgIpc) is 2.35. The Balaban J connectivity index is 2.13. The van der Waals surface area contributed by atoms with E-state index in [1.165, 1.54) is 45.3 Å². The molecule has 18 heavy (non-hydrogen) atoms. The van der Waals surface area contributed by atoms with Crippen LogP contribution in [0.25, 0.3) is 0 Å². The lowest BCUT2D eigenvalue weighted by atomic mass is 9.95. The predicted molar refractivity (Wildman–Crippen MR) is 77.9 cm³/mol. The van der Waals surface area contributed by atoms with E-state index in [2.05, 4.69) is 31.0 Å². The molecule has 1 fully saturated rings. The fraction of sp³-hybridized carbons (Fsp3) is 1.00. The van der Waals surface area contributed by atoms with Crippen molar-refractivity contribution in [3.05, 3.63) is 0 Å². The first-order valence-corrected chi connectivity index (χ1v) is 7.68. The van der Waals surface area contributed by atoms with Crippen molar-refractivity contribution >= 4 is 0 Å². The van der Waals surface area contributed by atoms with Crippen LogP contribution in [0.1, 0.15) is 52.9 Å². The predicted octanol–water partition coefficient (Wildman–Crippen LogP) is 2.25. The number of aliphatic hydroxyl groups excluding tert-OH is 1. The van der Waals surface area contributed by atoms with E-state index < -0.39 is 0 Å². The Morgan fingerprint density at radius 1 is 1.39 bits per heavy atom. The van der Waals surface area contributed by atoms with Crippen LogP contribution in [0.5, 0.6) is 0 Å². The fourth-order valence-corrected chi connectivity index (χ4v) is 2.99. The van der Waals surface area contributed by atoms with Crippen molar-refractivity contribution in [1.29, 1.82) is 0 Å². The van der Waals surface area contributed by atoms with Gasteiger partial charge in [-0.2, -0.15) is 0 Å². The van der Waals surface area contributed by atoms with Crippen LogP contribution < -0.4 is 5.32 Å². The first-order chi connectivity index (χ1) is 8.59. The summed E-state index contributed by atoms with van der Waals surface area (Å²) in [6.45, 7) is 11.6. The van der Waals surface area contributed by atoms with Gasteiger partial charge in [0.25, 0.3) is 0 Å². The van der Waals surface area contributed by atoms with E-state index in [1.54, 1.807) is 0 Å². The van der Waals surface area contributed by atoms with Gasteiger partial charge in [-0.15, -0.1) is 0 Å². The van der Waals surface area contributed by atoms with Gasteiger partial charge in [-0.1, -0.05) is 20.3 Å². The van der Waals surface area contributed by atoms with Crippen molar-refractivity contribution in [3.8, 4) is 0 Å². The number of hydrogen-bond acceptors (Lipinski definition) is 3. The molecule has 3 nitrogen and oxygen atoms in total. The van der Waals surface area contributed by atoms with Crippen LogP contribution in [0.4, 0.5) is 0 Å². The van der Waals surface area contributed by atoms with Gasteiger partial charge < -0.3 is 15.3 Å². The van der Waals surface area contributed by atoms with E-state index in [-0.39, 0.29) is 12.1 Å². The van der Waals surface area contributed by atoms with Crippen LogP contribution in [0.2, 0.25) is 0 Å². The Hall–Kier alpha value is -0.120. The molecule has 0 aliphatic carbocycles. The maximum Gasteiger partial charge on any atom is 0.0610 e. The second-order valence-electron chi connectivity index (χ2n) is 6.25. The number of unbranched alkanes of at least 4 members (excludes halogenated alkanes) is 1. The molecular weight excluding hydrogens is 224 g/mol. The number of nitrogens with one attached hydrogen (secondary N) is 1. The normalized spacial score (nSPS) is 25.0. The number of hydrogen-bond donors (Lipinski definition) is 2. The maximum absolute atomic E-state index is 9.43. The third-order valence-corrected chi connectivity index (χ3v) is 4.15. The van der Waals surface area contributed by atoms with Crippen LogP contribution in [0, 0.1) is 5.92 Å². The highest BCUT2D eigenvalue weighted by Gasteiger charge is 2.21. The van der Waals surface area contributed by atoms with Crippen molar-refractivity contribution in [2.75, 3.05) is 32.8 Å². The lowest BCUT2D eigenvalue weighted by molar-refractivity contribution is 0.155. The first-order valence-electron chi connectivity index (χ1n) is 7.68. The van der Waals surface area contributed by atoms with Crippen molar-refractivity contribution < 1.29 is 5.11 Å². The summed E-state index contributed by atoms with van der Waals surface area (Å²) < 4.78 is 0. The Morgan fingerprint density at radius 2 is 2.17 bits per heavy atom. The minimum Gasteiger partial charge on any atom is -0.394 e. The summed E-state index contributed by atoms with van der Waals surface area (Å²) in [4.78, 5) is 2.61. The van der Waals surface area contributed by atoms with Gasteiger partial charge in [0, 0.05) is 12.1 Å². The van der Waals surface area contributed by atoms with E-state index >= 15 is 0 Å². The smallest absolute Gasteiger partial charge is 0.0610 e. The third kappa shape index (κ3) is 5.68. The van der Waals surface area contributed by atoms with E-state index in [1.807, 2.05) is 0 Å². The number of likely N-dealkylation sites (N-methyl/N-ethyl adjacent to an activating group) is 1. The number of likely N-dealkylation sites (tertiary alicyclic amines) is 1. The lowest BCUT2D eigenvalue weighted by Gasteiger charge is -2.32. The second-order valence-corrected chi connectivity index (χ2v) is 6.25. The molecule has 1 rings (SSSR count). The summed E-state index contributed by atoms with van der Waals surface area (Å²) >= 11 is 0. The van der Waals surface area contributed by atoms with E-state index in [0.29, 0.717) is 0 Å². The molecule has 1 heterocycles. The molecule has 0 spiro atoms. The van der Waals surface area contributed by atoms with Gasteiger partial charge in [0.15, 0.2) is 0 Å². The summed E-state index contributed by atoms with van der Waals surface area (Å²) in [7, 11) is 0. The highest BCUT2D eigenvalue weighted by atomic mass is 16.3. The molecule has 2 unspecified atom stereocenters. The molecule has 2 atom stereocenters. The summed E-state index contributed by atoms with van der Waals surface area (Å²) in [5.41, 5.74) is -0.0794. The Morgan fingerprint density at radius 3 is 2.78 bits per heavy atom. The van der Waals surface area contributed by atoms with Gasteiger partial charge in [0.2, 0.25) is 0 Å². The highest BCUT2D eigenvalue weighted by Crippen LogP contribution is 2.17. The van der Waals surface area contributed by atoms with E-state index in [4.69, 9.17) is 0 Å². The fourth-order valence-electron chi connectivity index (χ4n) is 2.99. The molecule has 0 amide bonds. The summed E-state index contributed by atoms with van der Waals surface area (Å²) in [5.74, 6) is 0.878. The molecule has 1 aliphatic rings. The zero-order valence-corrected chi connectivity index (χ0v) is 12.5. The van der Waals surface area contributed by atoms with E-state index in [9.17, 15) is 5.11 Å². The van der Waals surface area contributed by atoms with Crippen LogP contribution in [-0.4, -0.2) is 48.3 Å². The van der Waals surface area contributed by atoms with Gasteiger partial charge >= 0.3 is 0 Å². The Kier molecular flexibility index (Phi) is 7.20. The molecule has 0 bridgehead atoms. The van der Waals surface area contributed by atoms with Gasteiger partial charge in [-0.05, 0) is 58.2 Å². The molecule has 1 saturated heterocycles. The minimum atomic E-state index is -0.0794.